The number of amides is 2. The number of esters is 1. The molecular formula is C19H26N2O4. The molecule has 2 amide bonds. The summed E-state index contributed by atoms with van der Waals surface area (Å²) in [4.78, 5) is 37.7. The number of hydrogen-bond acceptors (Lipinski definition) is 4. The highest BCUT2D eigenvalue weighted by Crippen LogP contribution is 2.16. The highest BCUT2D eigenvalue weighted by Gasteiger charge is 2.23. The van der Waals surface area contributed by atoms with Crippen molar-refractivity contribution in [1.82, 2.24) is 10.2 Å². The standard InChI is InChI=1S/C19H26N2O4/c1-13-7-8-16(10-14(13)2)19(24)20-11-18(23)25-12-17(22)21-9-5-4-6-15(21)3/h7-8,10,15H,4-6,9,11-12H2,1-3H3,(H,20,24). The molecule has 0 saturated carbocycles. The first-order chi connectivity index (χ1) is 11.9. The van der Waals surface area contributed by atoms with Crippen LogP contribution in [0.5, 0.6) is 0 Å². The highest BCUT2D eigenvalue weighted by molar-refractivity contribution is 5.96. The van der Waals surface area contributed by atoms with Gasteiger partial charge in [-0.3, -0.25) is 14.4 Å². The molecule has 1 aromatic carbocycles. The van der Waals surface area contributed by atoms with E-state index in [4.69, 9.17) is 4.74 Å². The lowest BCUT2D eigenvalue weighted by Crippen LogP contribution is -2.44. The van der Waals surface area contributed by atoms with Crippen LogP contribution in [0.15, 0.2) is 18.2 Å². The topological polar surface area (TPSA) is 75.7 Å². The lowest BCUT2D eigenvalue weighted by atomic mass is 10.0. The molecule has 1 aliphatic heterocycles. The van der Waals surface area contributed by atoms with Gasteiger partial charge in [-0.2, -0.15) is 0 Å². The van der Waals surface area contributed by atoms with Crippen molar-refractivity contribution in [1.29, 1.82) is 0 Å². The zero-order valence-electron chi connectivity index (χ0n) is 15.1. The first kappa shape index (κ1) is 19.0. The minimum Gasteiger partial charge on any atom is -0.454 e. The maximum Gasteiger partial charge on any atom is 0.325 e. The number of benzene rings is 1. The van der Waals surface area contributed by atoms with Gasteiger partial charge in [0.1, 0.15) is 6.54 Å². The summed E-state index contributed by atoms with van der Waals surface area (Å²) in [6.45, 7) is 6.07. The molecule has 2 rings (SSSR count). The van der Waals surface area contributed by atoms with Crippen molar-refractivity contribution in [3.63, 3.8) is 0 Å². The molecule has 1 N–H and O–H groups in total. The number of likely N-dealkylation sites (tertiary alicyclic amines) is 1. The van der Waals surface area contributed by atoms with E-state index in [1.807, 2.05) is 26.8 Å². The van der Waals surface area contributed by atoms with Crippen LogP contribution in [0, 0.1) is 13.8 Å². The lowest BCUT2D eigenvalue weighted by molar-refractivity contribution is -0.152. The molecule has 0 spiro atoms. The van der Waals surface area contributed by atoms with Gasteiger partial charge in [0.2, 0.25) is 0 Å². The lowest BCUT2D eigenvalue weighted by Gasteiger charge is -2.33. The van der Waals surface area contributed by atoms with Crippen molar-refractivity contribution in [3.8, 4) is 0 Å². The van der Waals surface area contributed by atoms with Crippen molar-refractivity contribution in [2.45, 2.75) is 46.1 Å². The van der Waals surface area contributed by atoms with Crippen molar-refractivity contribution in [2.24, 2.45) is 0 Å². The molecule has 1 heterocycles. The maximum atomic E-state index is 12.1. The minimum absolute atomic E-state index is 0.180. The Morgan fingerprint density at radius 3 is 2.64 bits per heavy atom. The van der Waals surface area contributed by atoms with Gasteiger partial charge < -0.3 is 15.0 Å². The summed E-state index contributed by atoms with van der Waals surface area (Å²) in [5, 5.41) is 2.52. The highest BCUT2D eigenvalue weighted by atomic mass is 16.5. The summed E-state index contributed by atoms with van der Waals surface area (Å²) in [6.07, 6.45) is 3.08. The van der Waals surface area contributed by atoms with Gasteiger partial charge in [-0.05, 0) is 63.3 Å². The van der Waals surface area contributed by atoms with Crippen LogP contribution < -0.4 is 5.32 Å². The number of piperidine rings is 1. The summed E-state index contributed by atoms with van der Waals surface area (Å²) in [5.41, 5.74) is 2.60. The molecule has 1 aromatic rings. The quantitative estimate of drug-likeness (QED) is 0.827. The summed E-state index contributed by atoms with van der Waals surface area (Å²) in [5.74, 6) is -1.13. The van der Waals surface area contributed by atoms with Crippen LogP contribution in [0.1, 0.15) is 47.7 Å². The van der Waals surface area contributed by atoms with Gasteiger partial charge in [0, 0.05) is 18.2 Å². The van der Waals surface area contributed by atoms with E-state index in [2.05, 4.69) is 5.32 Å². The molecular weight excluding hydrogens is 320 g/mol. The van der Waals surface area contributed by atoms with Gasteiger partial charge in [0.15, 0.2) is 6.61 Å². The second-order valence-electron chi connectivity index (χ2n) is 6.57. The number of carbonyl (C=O) groups is 3. The van der Waals surface area contributed by atoms with Gasteiger partial charge >= 0.3 is 5.97 Å². The van der Waals surface area contributed by atoms with Crippen LogP contribution in [0.2, 0.25) is 0 Å². The van der Waals surface area contributed by atoms with Crippen LogP contribution in [-0.2, 0) is 14.3 Å². The average Bonchev–Trinajstić information content (AvgIpc) is 2.60. The molecule has 25 heavy (non-hydrogen) atoms. The number of aryl methyl sites for hydroxylation is 2. The fourth-order valence-corrected chi connectivity index (χ4v) is 2.88. The number of rotatable bonds is 5. The Morgan fingerprint density at radius 2 is 1.96 bits per heavy atom. The number of hydrogen-bond donors (Lipinski definition) is 1. The Bertz CT molecular complexity index is 657. The van der Waals surface area contributed by atoms with E-state index in [0.29, 0.717) is 12.1 Å². The van der Waals surface area contributed by atoms with E-state index in [1.165, 1.54) is 0 Å². The minimum atomic E-state index is -0.616. The Morgan fingerprint density at radius 1 is 1.20 bits per heavy atom. The fourth-order valence-electron chi connectivity index (χ4n) is 2.88. The largest absolute Gasteiger partial charge is 0.454 e. The molecule has 0 aliphatic carbocycles. The van der Waals surface area contributed by atoms with Crippen LogP contribution in [-0.4, -0.2) is 48.4 Å². The molecule has 0 bridgehead atoms. The summed E-state index contributed by atoms with van der Waals surface area (Å²) >= 11 is 0. The third kappa shape index (κ3) is 5.31. The molecule has 1 saturated heterocycles. The third-order valence-electron chi connectivity index (χ3n) is 4.64. The molecule has 136 valence electrons. The second-order valence-corrected chi connectivity index (χ2v) is 6.57. The monoisotopic (exact) mass is 346 g/mol. The molecule has 1 fully saturated rings. The normalized spacial score (nSPS) is 17.1. The van der Waals surface area contributed by atoms with Gasteiger partial charge in [0.05, 0.1) is 0 Å². The first-order valence-electron chi connectivity index (χ1n) is 8.69. The Hall–Kier alpha value is -2.37. The molecule has 6 nitrogen and oxygen atoms in total. The van der Waals surface area contributed by atoms with E-state index in [9.17, 15) is 14.4 Å². The van der Waals surface area contributed by atoms with Gasteiger partial charge in [-0.25, -0.2) is 0 Å². The smallest absolute Gasteiger partial charge is 0.325 e. The third-order valence-corrected chi connectivity index (χ3v) is 4.64. The molecule has 0 aromatic heterocycles. The van der Waals surface area contributed by atoms with E-state index >= 15 is 0 Å². The van der Waals surface area contributed by atoms with E-state index < -0.39 is 5.97 Å². The van der Waals surface area contributed by atoms with Crippen molar-refractivity contribution >= 4 is 17.8 Å². The Labute approximate surface area is 148 Å². The van der Waals surface area contributed by atoms with Crippen LogP contribution in [0.25, 0.3) is 0 Å². The molecule has 1 atom stereocenters. The first-order valence-corrected chi connectivity index (χ1v) is 8.69. The Balaban J connectivity index is 1.75. The summed E-state index contributed by atoms with van der Waals surface area (Å²) in [7, 11) is 0. The zero-order chi connectivity index (χ0) is 18.4. The average molecular weight is 346 g/mol. The fraction of sp³-hybridized carbons (Fsp3) is 0.526. The van der Waals surface area contributed by atoms with E-state index in [0.717, 1.165) is 30.4 Å². The second kappa shape index (κ2) is 8.65. The van der Waals surface area contributed by atoms with E-state index in [1.54, 1.807) is 17.0 Å². The van der Waals surface area contributed by atoms with Gasteiger partial charge in [0.25, 0.3) is 11.8 Å². The van der Waals surface area contributed by atoms with Gasteiger partial charge in [-0.1, -0.05) is 6.07 Å². The predicted molar refractivity (Wildman–Crippen MR) is 94.2 cm³/mol. The number of nitrogens with one attached hydrogen (secondary N) is 1. The van der Waals surface area contributed by atoms with Crippen molar-refractivity contribution < 1.29 is 19.1 Å². The number of carbonyl (C=O) groups excluding carboxylic acids is 3. The summed E-state index contributed by atoms with van der Waals surface area (Å²) < 4.78 is 4.99. The molecule has 1 unspecified atom stereocenters. The van der Waals surface area contributed by atoms with Crippen molar-refractivity contribution in [2.75, 3.05) is 19.7 Å². The van der Waals surface area contributed by atoms with Crippen LogP contribution in [0.3, 0.4) is 0 Å². The Kier molecular flexibility index (Phi) is 6.56. The predicted octanol–water partition coefficient (Wildman–Crippen LogP) is 1.98. The zero-order valence-corrected chi connectivity index (χ0v) is 15.1. The SMILES string of the molecule is Cc1ccc(C(=O)NCC(=O)OCC(=O)N2CCCCC2C)cc1C. The van der Waals surface area contributed by atoms with E-state index in [-0.39, 0.29) is 31.0 Å². The maximum absolute atomic E-state index is 12.1. The molecule has 6 heteroatoms. The molecule has 0 radical (unpaired) electrons. The molecule has 1 aliphatic rings. The van der Waals surface area contributed by atoms with Crippen LogP contribution >= 0.6 is 0 Å². The number of nitrogens with zero attached hydrogens (tertiary/aromatic N) is 1. The summed E-state index contributed by atoms with van der Waals surface area (Å²) in [6, 6.07) is 5.53. The van der Waals surface area contributed by atoms with Crippen molar-refractivity contribution in [3.05, 3.63) is 34.9 Å². The van der Waals surface area contributed by atoms with Gasteiger partial charge in [-0.15, -0.1) is 0 Å². The van der Waals surface area contributed by atoms with Crippen LogP contribution in [0.4, 0.5) is 0 Å². The number of ether oxygens (including phenoxy) is 1.